The van der Waals surface area contributed by atoms with E-state index in [0.717, 1.165) is 37.6 Å². The first-order valence-electron chi connectivity index (χ1n) is 9.75. The summed E-state index contributed by atoms with van der Waals surface area (Å²) in [5.41, 5.74) is 12.3. The van der Waals surface area contributed by atoms with Crippen molar-refractivity contribution >= 4 is 12.4 Å². The lowest BCUT2D eigenvalue weighted by molar-refractivity contribution is 0.315. The van der Waals surface area contributed by atoms with Crippen LogP contribution in [-0.2, 0) is 6.54 Å². The topological polar surface area (TPSA) is 47.1 Å². The van der Waals surface area contributed by atoms with Crippen LogP contribution < -0.4 is 5.73 Å². The quantitative estimate of drug-likeness (QED) is 0.706. The van der Waals surface area contributed by atoms with Crippen LogP contribution in [0.15, 0.2) is 60.7 Å². The van der Waals surface area contributed by atoms with Gasteiger partial charge in [0, 0.05) is 36.8 Å². The predicted octanol–water partition coefficient (Wildman–Crippen LogP) is 4.09. The van der Waals surface area contributed by atoms with Gasteiger partial charge in [-0.3, -0.25) is 4.90 Å². The Bertz CT molecular complexity index is 892. The molecule has 148 valence electrons. The molecular formula is C23H29ClN4. The van der Waals surface area contributed by atoms with Gasteiger partial charge in [-0.15, -0.1) is 12.4 Å². The lowest BCUT2D eigenvalue weighted by atomic mass is 9.89. The van der Waals surface area contributed by atoms with Gasteiger partial charge in [0.1, 0.15) is 0 Å². The van der Waals surface area contributed by atoms with E-state index in [0.29, 0.717) is 11.8 Å². The molecule has 2 aromatic carbocycles. The molecule has 3 aromatic rings. The number of rotatable bonds is 5. The Hall–Kier alpha value is -2.14. The van der Waals surface area contributed by atoms with Crippen molar-refractivity contribution in [3.8, 4) is 5.69 Å². The number of nitrogens with two attached hydrogens (primary N) is 1. The lowest BCUT2D eigenvalue weighted by Crippen LogP contribution is -2.23. The van der Waals surface area contributed by atoms with E-state index in [1.54, 1.807) is 0 Å². The highest BCUT2D eigenvalue weighted by Gasteiger charge is 2.33. The molecule has 1 aliphatic heterocycles. The monoisotopic (exact) mass is 396 g/mol. The molecule has 1 aromatic heterocycles. The summed E-state index contributed by atoms with van der Waals surface area (Å²) in [5, 5.41) is 4.80. The molecule has 2 N–H and O–H groups in total. The molecule has 2 heterocycles. The number of aryl methyl sites for hydroxylation is 1. The van der Waals surface area contributed by atoms with Gasteiger partial charge in [0.15, 0.2) is 0 Å². The van der Waals surface area contributed by atoms with Gasteiger partial charge in [-0.25, -0.2) is 4.68 Å². The fourth-order valence-electron chi connectivity index (χ4n) is 4.35. The SMILES string of the molecule is Cc1nn(-c2ccccc2)c(C)c1CN1C[C@@H](CN)[C@H](c2ccccc2)C1.Cl. The third-order valence-electron chi connectivity index (χ3n) is 5.87. The fourth-order valence-corrected chi connectivity index (χ4v) is 4.35. The van der Waals surface area contributed by atoms with Gasteiger partial charge >= 0.3 is 0 Å². The zero-order valence-corrected chi connectivity index (χ0v) is 17.4. The van der Waals surface area contributed by atoms with E-state index < -0.39 is 0 Å². The largest absolute Gasteiger partial charge is 0.330 e. The summed E-state index contributed by atoms with van der Waals surface area (Å²) < 4.78 is 2.07. The van der Waals surface area contributed by atoms with Crippen molar-refractivity contribution in [3.05, 3.63) is 83.2 Å². The maximum absolute atomic E-state index is 6.11. The van der Waals surface area contributed by atoms with Crippen LogP contribution in [0.4, 0.5) is 0 Å². The summed E-state index contributed by atoms with van der Waals surface area (Å²) in [6, 6.07) is 21.2. The smallest absolute Gasteiger partial charge is 0.0648 e. The van der Waals surface area contributed by atoms with Gasteiger partial charge < -0.3 is 5.73 Å². The highest BCUT2D eigenvalue weighted by Crippen LogP contribution is 2.33. The molecule has 4 rings (SSSR count). The average molecular weight is 397 g/mol. The minimum atomic E-state index is 0. The summed E-state index contributed by atoms with van der Waals surface area (Å²) in [6.45, 7) is 8.06. The van der Waals surface area contributed by atoms with Crippen molar-refractivity contribution < 1.29 is 0 Å². The Balaban J connectivity index is 0.00000225. The minimum absolute atomic E-state index is 0. The van der Waals surface area contributed by atoms with Crippen molar-refractivity contribution in [1.29, 1.82) is 0 Å². The first-order valence-corrected chi connectivity index (χ1v) is 9.75. The molecule has 0 radical (unpaired) electrons. The second kappa shape index (κ2) is 8.91. The van der Waals surface area contributed by atoms with Crippen molar-refractivity contribution in [2.24, 2.45) is 11.7 Å². The molecule has 4 nitrogen and oxygen atoms in total. The summed E-state index contributed by atoms with van der Waals surface area (Å²) in [6.07, 6.45) is 0. The minimum Gasteiger partial charge on any atom is -0.330 e. The number of likely N-dealkylation sites (tertiary alicyclic amines) is 1. The summed E-state index contributed by atoms with van der Waals surface area (Å²) >= 11 is 0. The third kappa shape index (κ3) is 4.00. The summed E-state index contributed by atoms with van der Waals surface area (Å²) in [4.78, 5) is 2.54. The summed E-state index contributed by atoms with van der Waals surface area (Å²) in [5.74, 6) is 1.03. The van der Waals surface area contributed by atoms with Crippen LogP contribution >= 0.6 is 12.4 Å². The molecule has 0 saturated carbocycles. The van der Waals surface area contributed by atoms with Gasteiger partial charge in [-0.1, -0.05) is 48.5 Å². The van der Waals surface area contributed by atoms with E-state index in [9.17, 15) is 0 Å². The molecule has 28 heavy (non-hydrogen) atoms. The second-order valence-corrected chi connectivity index (χ2v) is 7.60. The molecular weight excluding hydrogens is 368 g/mol. The van der Waals surface area contributed by atoms with Crippen molar-refractivity contribution in [1.82, 2.24) is 14.7 Å². The first-order chi connectivity index (χ1) is 13.2. The number of hydrogen-bond acceptors (Lipinski definition) is 3. The molecule has 5 heteroatoms. The van der Waals surface area contributed by atoms with Gasteiger partial charge in [-0.05, 0) is 44.0 Å². The predicted molar refractivity (Wildman–Crippen MR) is 117 cm³/mol. The van der Waals surface area contributed by atoms with E-state index in [2.05, 4.69) is 78.0 Å². The van der Waals surface area contributed by atoms with Crippen LogP contribution in [-0.4, -0.2) is 34.3 Å². The number of halogens is 1. The van der Waals surface area contributed by atoms with Gasteiger partial charge in [-0.2, -0.15) is 5.10 Å². The molecule has 2 atom stereocenters. The van der Waals surface area contributed by atoms with E-state index in [1.165, 1.54) is 16.8 Å². The number of hydrogen-bond donors (Lipinski definition) is 1. The van der Waals surface area contributed by atoms with Crippen LogP contribution in [0.1, 0.15) is 28.4 Å². The normalized spacial score (nSPS) is 19.5. The second-order valence-electron chi connectivity index (χ2n) is 7.60. The fraction of sp³-hybridized carbons (Fsp3) is 0.348. The number of nitrogens with zero attached hydrogens (tertiary/aromatic N) is 3. The van der Waals surface area contributed by atoms with Crippen LogP contribution in [0.3, 0.4) is 0 Å². The molecule has 1 saturated heterocycles. The third-order valence-corrected chi connectivity index (χ3v) is 5.87. The number of aromatic nitrogens is 2. The van der Waals surface area contributed by atoms with Crippen LogP contribution in [0.5, 0.6) is 0 Å². The first kappa shape index (κ1) is 20.6. The van der Waals surface area contributed by atoms with Crippen molar-refractivity contribution in [2.75, 3.05) is 19.6 Å². The zero-order valence-electron chi connectivity index (χ0n) is 16.6. The Morgan fingerprint density at radius 2 is 1.61 bits per heavy atom. The molecule has 1 aliphatic rings. The maximum Gasteiger partial charge on any atom is 0.0648 e. The molecule has 0 unspecified atom stereocenters. The molecule has 0 bridgehead atoms. The Morgan fingerprint density at radius 3 is 2.25 bits per heavy atom. The highest BCUT2D eigenvalue weighted by atomic mass is 35.5. The zero-order chi connectivity index (χ0) is 18.8. The van der Waals surface area contributed by atoms with Crippen molar-refractivity contribution in [2.45, 2.75) is 26.3 Å². The van der Waals surface area contributed by atoms with Crippen molar-refractivity contribution in [3.63, 3.8) is 0 Å². The number of benzene rings is 2. The number of para-hydroxylation sites is 1. The van der Waals surface area contributed by atoms with E-state index in [4.69, 9.17) is 10.8 Å². The van der Waals surface area contributed by atoms with Crippen LogP contribution in [0, 0.1) is 19.8 Å². The van der Waals surface area contributed by atoms with E-state index in [-0.39, 0.29) is 12.4 Å². The van der Waals surface area contributed by atoms with Gasteiger partial charge in [0.05, 0.1) is 11.4 Å². The maximum atomic E-state index is 6.11. The Morgan fingerprint density at radius 1 is 0.964 bits per heavy atom. The Labute approximate surface area is 173 Å². The van der Waals surface area contributed by atoms with Crippen LogP contribution in [0.2, 0.25) is 0 Å². The summed E-state index contributed by atoms with van der Waals surface area (Å²) in [7, 11) is 0. The lowest BCUT2D eigenvalue weighted by Gasteiger charge is -2.17. The van der Waals surface area contributed by atoms with E-state index >= 15 is 0 Å². The molecule has 0 spiro atoms. The van der Waals surface area contributed by atoms with Gasteiger partial charge in [0.2, 0.25) is 0 Å². The molecule has 0 amide bonds. The highest BCUT2D eigenvalue weighted by molar-refractivity contribution is 5.85. The van der Waals surface area contributed by atoms with Gasteiger partial charge in [0.25, 0.3) is 0 Å². The van der Waals surface area contributed by atoms with E-state index in [1.807, 2.05) is 6.07 Å². The standard InChI is InChI=1S/C23H28N4.ClH/c1-17-22(18(2)27(25-17)21-11-7-4-8-12-21)15-26-14-20(13-24)23(16-26)19-9-5-3-6-10-19;/h3-12,20,23H,13-16,24H2,1-2H3;1H/t20-,23+;/m1./s1. The molecule has 0 aliphatic carbocycles. The Kier molecular flexibility index (Phi) is 6.55. The van der Waals surface area contributed by atoms with Crippen LogP contribution in [0.25, 0.3) is 5.69 Å². The molecule has 1 fully saturated rings. The average Bonchev–Trinajstić information content (AvgIpc) is 3.25.